The van der Waals surface area contributed by atoms with Gasteiger partial charge in [0.05, 0.1) is 5.56 Å². The Kier molecular flexibility index (Phi) is 2.98. The summed E-state index contributed by atoms with van der Waals surface area (Å²) in [5, 5.41) is 13.0. The van der Waals surface area contributed by atoms with E-state index in [2.05, 4.69) is 5.32 Å². The zero-order chi connectivity index (χ0) is 12.5. The highest BCUT2D eigenvalue weighted by molar-refractivity contribution is 5.97. The molecule has 1 aromatic rings. The highest BCUT2D eigenvalue weighted by Crippen LogP contribution is 2.41. The van der Waals surface area contributed by atoms with E-state index in [0.29, 0.717) is 17.5 Å². The molecular weight excluding hydrogens is 226 g/mol. The Morgan fingerprint density at radius 1 is 1.17 bits per heavy atom. The molecule has 0 heterocycles. The fourth-order valence-electron chi connectivity index (χ4n) is 2.74. The highest BCUT2D eigenvalue weighted by Gasteiger charge is 2.25. The van der Waals surface area contributed by atoms with Gasteiger partial charge in [-0.2, -0.15) is 0 Å². The van der Waals surface area contributed by atoms with Gasteiger partial charge in [0, 0.05) is 6.04 Å². The minimum atomic E-state index is -0.137. The number of aromatic hydroxyl groups is 1. The molecule has 2 saturated carbocycles. The first kappa shape index (κ1) is 11.6. The summed E-state index contributed by atoms with van der Waals surface area (Å²) in [6.07, 6.45) is 6.91. The molecule has 0 aliphatic heterocycles. The molecule has 18 heavy (non-hydrogen) atoms. The van der Waals surface area contributed by atoms with Crippen LogP contribution in [0.4, 0.5) is 0 Å². The fourth-order valence-corrected chi connectivity index (χ4v) is 2.74. The molecule has 1 aromatic carbocycles. The molecule has 96 valence electrons. The van der Waals surface area contributed by atoms with Crippen LogP contribution >= 0.6 is 0 Å². The normalized spacial score (nSPS) is 20.0. The summed E-state index contributed by atoms with van der Waals surface area (Å²) in [5.41, 5.74) is 1.57. The summed E-state index contributed by atoms with van der Waals surface area (Å²) in [6.45, 7) is 0. The van der Waals surface area contributed by atoms with Crippen LogP contribution in [0.1, 0.15) is 60.4 Å². The van der Waals surface area contributed by atoms with Crippen molar-refractivity contribution in [2.75, 3.05) is 0 Å². The minimum Gasteiger partial charge on any atom is -0.507 e. The van der Waals surface area contributed by atoms with Crippen molar-refractivity contribution in [1.29, 1.82) is 0 Å². The van der Waals surface area contributed by atoms with Crippen LogP contribution < -0.4 is 5.32 Å². The van der Waals surface area contributed by atoms with Gasteiger partial charge in [-0.05, 0) is 49.3 Å². The third kappa shape index (κ3) is 2.35. The maximum atomic E-state index is 12.0. The zero-order valence-corrected chi connectivity index (χ0v) is 10.5. The predicted molar refractivity (Wildman–Crippen MR) is 69.8 cm³/mol. The van der Waals surface area contributed by atoms with E-state index in [-0.39, 0.29) is 11.7 Å². The van der Waals surface area contributed by atoms with Gasteiger partial charge in [0.1, 0.15) is 5.75 Å². The third-order valence-electron chi connectivity index (χ3n) is 4.01. The number of phenols is 1. The highest BCUT2D eigenvalue weighted by atomic mass is 16.3. The molecule has 3 rings (SSSR count). The van der Waals surface area contributed by atoms with Crippen molar-refractivity contribution < 1.29 is 9.90 Å². The van der Waals surface area contributed by atoms with E-state index in [1.807, 2.05) is 6.07 Å². The van der Waals surface area contributed by atoms with E-state index in [9.17, 15) is 9.90 Å². The quantitative estimate of drug-likeness (QED) is 0.860. The summed E-state index contributed by atoms with van der Waals surface area (Å²) in [5.74, 6) is 0.583. The van der Waals surface area contributed by atoms with Gasteiger partial charge in [0.15, 0.2) is 0 Å². The number of amides is 1. The standard InChI is InChI=1S/C15H19NO2/c17-14-9-11(10-5-6-10)7-8-13(14)15(18)16-12-3-1-2-4-12/h7-10,12,17H,1-6H2,(H,16,18). The van der Waals surface area contributed by atoms with Crippen LogP contribution in [0.2, 0.25) is 0 Å². The Labute approximate surface area is 107 Å². The molecule has 2 aliphatic rings. The molecule has 2 fully saturated rings. The molecule has 0 spiro atoms. The molecule has 0 saturated heterocycles. The van der Waals surface area contributed by atoms with Gasteiger partial charge in [-0.25, -0.2) is 0 Å². The van der Waals surface area contributed by atoms with Crippen LogP contribution in [0.5, 0.6) is 5.75 Å². The topological polar surface area (TPSA) is 49.3 Å². The van der Waals surface area contributed by atoms with Crippen molar-refractivity contribution >= 4 is 5.91 Å². The van der Waals surface area contributed by atoms with E-state index < -0.39 is 0 Å². The molecule has 3 heteroatoms. The summed E-state index contributed by atoms with van der Waals surface area (Å²) in [4.78, 5) is 12.0. The summed E-state index contributed by atoms with van der Waals surface area (Å²) in [7, 11) is 0. The number of hydrogen-bond donors (Lipinski definition) is 2. The average molecular weight is 245 g/mol. The number of nitrogens with one attached hydrogen (secondary N) is 1. The van der Waals surface area contributed by atoms with Crippen LogP contribution in [0.3, 0.4) is 0 Å². The second-order valence-electron chi connectivity index (χ2n) is 5.51. The van der Waals surface area contributed by atoms with Crippen molar-refractivity contribution in [3.8, 4) is 5.75 Å². The minimum absolute atomic E-state index is 0.120. The van der Waals surface area contributed by atoms with E-state index >= 15 is 0 Å². The van der Waals surface area contributed by atoms with Gasteiger partial charge in [-0.1, -0.05) is 18.9 Å². The van der Waals surface area contributed by atoms with E-state index in [1.54, 1.807) is 12.1 Å². The SMILES string of the molecule is O=C(NC1CCCC1)c1ccc(C2CC2)cc1O. The summed E-state index contributed by atoms with van der Waals surface area (Å²) in [6, 6.07) is 5.77. The van der Waals surface area contributed by atoms with Gasteiger partial charge < -0.3 is 10.4 Å². The number of carbonyl (C=O) groups excluding carboxylic acids is 1. The maximum absolute atomic E-state index is 12.0. The van der Waals surface area contributed by atoms with Crippen LogP contribution in [0.25, 0.3) is 0 Å². The van der Waals surface area contributed by atoms with Crippen molar-refractivity contribution in [3.63, 3.8) is 0 Å². The molecule has 0 radical (unpaired) electrons. The van der Waals surface area contributed by atoms with E-state index in [1.165, 1.54) is 25.7 Å². The molecule has 2 N–H and O–H groups in total. The molecular formula is C15H19NO2. The Bertz CT molecular complexity index is 460. The second kappa shape index (κ2) is 4.63. The number of rotatable bonds is 3. The van der Waals surface area contributed by atoms with E-state index in [4.69, 9.17) is 0 Å². The van der Waals surface area contributed by atoms with Crippen LogP contribution in [-0.2, 0) is 0 Å². The second-order valence-corrected chi connectivity index (χ2v) is 5.51. The lowest BCUT2D eigenvalue weighted by Crippen LogP contribution is -2.32. The summed E-state index contributed by atoms with van der Waals surface area (Å²) < 4.78 is 0. The smallest absolute Gasteiger partial charge is 0.255 e. The largest absolute Gasteiger partial charge is 0.507 e. The van der Waals surface area contributed by atoms with Crippen LogP contribution in [0.15, 0.2) is 18.2 Å². The fraction of sp³-hybridized carbons (Fsp3) is 0.533. The molecule has 0 bridgehead atoms. The Balaban J connectivity index is 1.72. The molecule has 2 aliphatic carbocycles. The predicted octanol–water partition coefficient (Wildman–Crippen LogP) is 2.94. The van der Waals surface area contributed by atoms with Gasteiger partial charge >= 0.3 is 0 Å². The Hall–Kier alpha value is -1.51. The zero-order valence-electron chi connectivity index (χ0n) is 10.5. The number of hydrogen-bond acceptors (Lipinski definition) is 2. The number of phenolic OH excluding ortho intramolecular Hbond substituents is 1. The molecule has 0 atom stereocenters. The van der Waals surface area contributed by atoms with Gasteiger partial charge in [0.2, 0.25) is 0 Å². The van der Waals surface area contributed by atoms with Crippen LogP contribution in [-0.4, -0.2) is 17.1 Å². The van der Waals surface area contributed by atoms with Crippen molar-refractivity contribution in [1.82, 2.24) is 5.32 Å². The van der Waals surface area contributed by atoms with E-state index in [0.717, 1.165) is 18.4 Å². The van der Waals surface area contributed by atoms with Crippen molar-refractivity contribution in [3.05, 3.63) is 29.3 Å². The first-order chi connectivity index (χ1) is 8.74. The van der Waals surface area contributed by atoms with Gasteiger partial charge in [-0.3, -0.25) is 4.79 Å². The molecule has 1 amide bonds. The average Bonchev–Trinajstić information content (AvgIpc) is 3.08. The lowest BCUT2D eigenvalue weighted by molar-refractivity contribution is 0.0935. The first-order valence-electron chi connectivity index (χ1n) is 6.88. The monoisotopic (exact) mass is 245 g/mol. The van der Waals surface area contributed by atoms with Gasteiger partial charge in [0.25, 0.3) is 5.91 Å². The molecule has 3 nitrogen and oxygen atoms in total. The van der Waals surface area contributed by atoms with Gasteiger partial charge in [-0.15, -0.1) is 0 Å². The number of carbonyl (C=O) groups is 1. The van der Waals surface area contributed by atoms with Crippen molar-refractivity contribution in [2.24, 2.45) is 0 Å². The lowest BCUT2D eigenvalue weighted by Gasteiger charge is -2.13. The Morgan fingerprint density at radius 2 is 1.89 bits per heavy atom. The number of benzene rings is 1. The molecule has 0 aromatic heterocycles. The lowest BCUT2D eigenvalue weighted by atomic mass is 10.1. The summed E-state index contributed by atoms with van der Waals surface area (Å²) >= 11 is 0. The van der Waals surface area contributed by atoms with Crippen molar-refractivity contribution in [2.45, 2.75) is 50.5 Å². The third-order valence-corrected chi connectivity index (χ3v) is 4.01. The Morgan fingerprint density at radius 3 is 2.50 bits per heavy atom. The van der Waals surface area contributed by atoms with Crippen LogP contribution in [0, 0.1) is 0 Å². The molecule has 0 unspecified atom stereocenters. The first-order valence-corrected chi connectivity index (χ1v) is 6.88. The maximum Gasteiger partial charge on any atom is 0.255 e.